The van der Waals surface area contributed by atoms with Crippen LogP contribution in [0.3, 0.4) is 0 Å². The van der Waals surface area contributed by atoms with Crippen molar-refractivity contribution in [2.24, 2.45) is 0 Å². The van der Waals surface area contributed by atoms with Gasteiger partial charge in [-0.25, -0.2) is 0 Å². The fourth-order valence-corrected chi connectivity index (χ4v) is 0.694. The van der Waals surface area contributed by atoms with Crippen LogP contribution < -0.4 is 0 Å². The molecule has 0 bridgehead atoms. The third-order valence-corrected chi connectivity index (χ3v) is 1.24. The van der Waals surface area contributed by atoms with E-state index in [1.165, 1.54) is 5.57 Å². The molecule has 0 aliphatic carbocycles. The van der Waals surface area contributed by atoms with Gasteiger partial charge in [0.15, 0.2) is 0 Å². The van der Waals surface area contributed by atoms with Crippen LogP contribution in [0.2, 0.25) is 0 Å². The molecule has 0 nitrogen and oxygen atoms in total. The van der Waals surface area contributed by atoms with Gasteiger partial charge in [-0.15, -0.1) is 0 Å². The number of rotatable bonds is 3. The third-order valence-electron chi connectivity index (χ3n) is 1.24. The minimum atomic E-state index is 1.11. The van der Waals surface area contributed by atoms with Crippen molar-refractivity contribution in [2.45, 2.75) is 27.2 Å². The van der Waals surface area contributed by atoms with E-state index in [-0.39, 0.29) is 0 Å². The van der Waals surface area contributed by atoms with Gasteiger partial charge in [-0.05, 0) is 25.8 Å². The maximum absolute atomic E-state index is 2.16. The van der Waals surface area contributed by atoms with E-state index < -0.39 is 0 Å². The monoisotopic (exact) mass is 136 g/mol. The van der Waals surface area contributed by atoms with E-state index in [0.29, 0.717) is 0 Å². The van der Waals surface area contributed by atoms with Crippen molar-refractivity contribution < 1.29 is 0 Å². The molecule has 56 valence electrons. The minimum absolute atomic E-state index is 1.11. The van der Waals surface area contributed by atoms with Gasteiger partial charge in [-0.3, -0.25) is 0 Å². The molecule has 0 aliphatic heterocycles. The summed E-state index contributed by atoms with van der Waals surface area (Å²) in [5, 5.41) is 0. The maximum atomic E-state index is 2.16. The molecule has 0 atom stereocenters. The second kappa shape index (κ2) is 6.34. The molecule has 0 radical (unpaired) electrons. The molecular formula is C10H16. The average molecular weight is 136 g/mol. The second-order valence-corrected chi connectivity index (χ2v) is 2.10. The van der Waals surface area contributed by atoms with Crippen LogP contribution in [0.4, 0.5) is 0 Å². The summed E-state index contributed by atoms with van der Waals surface area (Å²) in [6.45, 7) is 6.22. The van der Waals surface area contributed by atoms with Crippen molar-refractivity contribution in [3.8, 4) is 0 Å². The van der Waals surface area contributed by atoms with Gasteiger partial charge in [0.2, 0.25) is 0 Å². The smallest absolute Gasteiger partial charge is 0.0306 e. The van der Waals surface area contributed by atoms with Crippen LogP contribution in [-0.4, -0.2) is 0 Å². The summed E-state index contributed by atoms with van der Waals surface area (Å²) in [6.07, 6.45) is 11.7. The van der Waals surface area contributed by atoms with Gasteiger partial charge < -0.3 is 0 Å². The number of hydrogen-bond acceptors (Lipinski definition) is 0. The molecule has 0 fully saturated rings. The zero-order chi connectivity index (χ0) is 7.82. The normalized spacial score (nSPS) is 13.7. The summed E-state index contributed by atoms with van der Waals surface area (Å²) in [7, 11) is 0. The zero-order valence-electron chi connectivity index (χ0n) is 7.09. The molecule has 0 aromatic heterocycles. The first-order valence-corrected chi connectivity index (χ1v) is 3.80. The molecule has 0 unspecified atom stereocenters. The van der Waals surface area contributed by atoms with Crippen LogP contribution in [0, 0.1) is 0 Å². The number of allylic oxidation sites excluding steroid dienone is 6. The zero-order valence-corrected chi connectivity index (χ0v) is 7.09. The van der Waals surface area contributed by atoms with Gasteiger partial charge in [0.1, 0.15) is 0 Å². The van der Waals surface area contributed by atoms with Crippen molar-refractivity contribution in [1.29, 1.82) is 0 Å². The van der Waals surface area contributed by atoms with Crippen LogP contribution in [-0.2, 0) is 0 Å². The van der Waals surface area contributed by atoms with E-state index >= 15 is 0 Å². The maximum Gasteiger partial charge on any atom is -0.0306 e. The molecule has 10 heavy (non-hydrogen) atoms. The highest BCUT2D eigenvalue weighted by Gasteiger charge is 1.78. The Morgan fingerprint density at radius 3 is 2.30 bits per heavy atom. The lowest BCUT2D eigenvalue weighted by atomic mass is 10.2. The molecule has 0 saturated heterocycles. The minimum Gasteiger partial charge on any atom is -0.0871 e. The first-order valence-electron chi connectivity index (χ1n) is 3.80. The van der Waals surface area contributed by atoms with Crippen LogP contribution in [0.15, 0.2) is 36.0 Å². The summed E-state index contributed by atoms with van der Waals surface area (Å²) in [4.78, 5) is 0. The van der Waals surface area contributed by atoms with E-state index in [1.54, 1.807) is 0 Å². The van der Waals surface area contributed by atoms with Crippen LogP contribution in [0.25, 0.3) is 0 Å². The van der Waals surface area contributed by atoms with E-state index in [2.05, 4.69) is 44.2 Å². The summed E-state index contributed by atoms with van der Waals surface area (Å²) >= 11 is 0. The molecule has 0 saturated carbocycles. The van der Waals surface area contributed by atoms with Crippen LogP contribution in [0.5, 0.6) is 0 Å². The van der Waals surface area contributed by atoms with Gasteiger partial charge in [0, 0.05) is 0 Å². The lowest BCUT2D eigenvalue weighted by molar-refractivity contribution is 1.22. The van der Waals surface area contributed by atoms with Crippen LogP contribution in [0.1, 0.15) is 27.2 Å². The lowest BCUT2D eigenvalue weighted by Gasteiger charge is -1.88. The van der Waals surface area contributed by atoms with Gasteiger partial charge in [-0.2, -0.15) is 0 Å². The Bertz CT molecular complexity index is 147. The van der Waals surface area contributed by atoms with E-state index in [4.69, 9.17) is 0 Å². The largest absolute Gasteiger partial charge is 0.0871 e. The topological polar surface area (TPSA) is 0 Å². The summed E-state index contributed by atoms with van der Waals surface area (Å²) < 4.78 is 0. The number of hydrogen-bond donors (Lipinski definition) is 0. The van der Waals surface area contributed by atoms with Crippen LogP contribution >= 0.6 is 0 Å². The molecule has 0 heterocycles. The van der Waals surface area contributed by atoms with Gasteiger partial charge in [-0.1, -0.05) is 37.3 Å². The molecule has 0 heteroatoms. The Kier molecular flexibility index (Phi) is 5.85. The molecule has 0 aromatic rings. The molecule has 0 aliphatic rings. The highest BCUT2D eigenvalue weighted by Crippen LogP contribution is 1.99. The standard InChI is InChI=1S/C10H16/c1-4-7-9-10(6-3)8-5-2/h5-9H,4H2,1-3H3/b8-5+,9-7-,10-6-. The Hall–Kier alpha value is -0.780. The second-order valence-electron chi connectivity index (χ2n) is 2.10. The van der Waals surface area contributed by atoms with Gasteiger partial charge in [0.25, 0.3) is 0 Å². The van der Waals surface area contributed by atoms with Crippen molar-refractivity contribution in [2.75, 3.05) is 0 Å². The quantitative estimate of drug-likeness (QED) is 0.521. The molecule has 0 aromatic carbocycles. The Morgan fingerprint density at radius 2 is 1.90 bits per heavy atom. The predicted octanol–water partition coefficient (Wildman–Crippen LogP) is 3.48. The van der Waals surface area contributed by atoms with Crippen molar-refractivity contribution in [1.82, 2.24) is 0 Å². The van der Waals surface area contributed by atoms with Crippen molar-refractivity contribution >= 4 is 0 Å². The SMILES string of the molecule is C/C=C(\C=C/CC)/C=C/C. The van der Waals surface area contributed by atoms with E-state index in [0.717, 1.165) is 6.42 Å². The molecular weight excluding hydrogens is 120 g/mol. The van der Waals surface area contributed by atoms with E-state index in [1.807, 2.05) is 6.92 Å². The molecule has 0 rings (SSSR count). The van der Waals surface area contributed by atoms with Gasteiger partial charge >= 0.3 is 0 Å². The summed E-state index contributed by atoms with van der Waals surface area (Å²) in [6, 6.07) is 0. The van der Waals surface area contributed by atoms with Crippen molar-refractivity contribution in [3.63, 3.8) is 0 Å². The fourth-order valence-electron chi connectivity index (χ4n) is 0.694. The first-order chi connectivity index (χ1) is 4.85. The Labute approximate surface area is 64.0 Å². The highest BCUT2D eigenvalue weighted by atomic mass is 13.8. The summed E-state index contributed by atoms with van der Waals surface area (Å²) in [5.74, 6) is 0. The Balaban J connectivity index is 3.97. The fraction of sp³-hybridized carbons (Fsp3) is 0.400. The Morgan fingerprint density at radius 1 is 1.20 bits per heavy atom. The predicted molar refractivity (Wildman–Crippen MR) is 48.0 cm³/mol. The lowest BCUT2D eigenvalue weighted by Crippen LogP contribution is -1.67. The molecule has 0 amide bonds. The molecule has 0 spiro atoms. The third kappa shape index (κ3) is 4.13. The van der Waals surface area contributed by atoms with E-state index in [9.17, 15) is 0 Å². The first kappa shape index (κ1) is 9.22. The van der Waals surface area contributed by atoms with Gasteiger partial charge in [0.05, 0.1) is 0 Å². The van der Waals surface area contributed by atoms with Crippen molar-refractivity contribution in [3.05, 3.63) is 36.0 Å². The average Bonchev–Trinajstić information content (AvgIpc) is 1.98. The highest BCUT2D eigenvalue weighted by molar-refractivity contribution is 5.29. The summed E-state index contributed by atoms with van der Waals surface area (Å²) in [5.41, 5.74) is 1.28. The molecule has 0 N–H and O–H groups in total.